The number of hydrogen-bond donors (Lipinski definition) is 1. The van der Waals surface area contributed by atoms with Crippen molar-refractivity contribution in [2.75, 3.05) is 52.4 Å². The fourth-order valence-corrected chi connectivity index (χ4v) is 4.20. The highest BCUT2D eigenvalue weighted by Gasteiger charge is 2.57. The van der Waals surface area contributed by atoms with E-state index in [4.69, 9.17) is 4.74 Å². The lowest BCUT2D eigenvalue weighted by Crippen LogP contribution is -2.50. The smallest absolute Gasteiger partial charge is 0.226 e. The summed E-state index contributed by atoms with van der Waals surface area (Å²) in [6.07, 6.45) is 0.934. The summed E-state index contributed by atoms with van der Waals surface area (Å²) < 4.78 is 18.5. The average molecular weight is 347 g/mol. The molecule has 25 heavy (non-hydrogen) atoms. The Hall–Kier alpha value is -1.66. The summed E-state index contributed by atoms with van der Waals surface area (Å²) in [5.74, 6) is 2.36. The Morgan fingerprint density at radius 2 is 1.80 bits per heavy atom. The summed E-state index contributed by atoms with van der Waals surface area (Å²) in [6, 6.07) is 6.14. The highest BCUT2D eigenvalue weighted by molar-refractivity contribution is 5.82. The van der Waals surface area contributed by atoms with Gasteiger partial charge in [0.05, 0.1) is 6.61 Å². The molecule has 0 aromatic heterocycles. The first-order valence-electron chi connectivity index (χ1n) is 9.32. The molecule has 2 heterocycles. The molecule has 1 amide bonds. The Labute approximate surface area is 148 Å². The van der Waals surface area contributed by atoms with Gasteiger partial charge < -0.3 is 15.0 Å². The van der Waals surface area contributed by atoms with E-state index in [-0.39, 0.29) is 5.82 Å². The minimum absolute atomic E-state index is 0.245. The van der Waals surface area contributed by atoms with Crippen LogP contribution in [0.2, 0.25) is 0 Å². The van der Waals surface area contributed by atoms with E-state index in [1.807, 2.05) is 0 Å². The van der Waals surface area contributed by atoms with Crippen LogP contribution in [0.1, 0.15) is 6.42 Å². The Balaban J connectivity index is 1.12. The number of halogens is 1. The van der Waals surface area contributed by atoms with Crippen molar-refractivity contribution in [1.29, 1.82) is 0 Å². The Bertz CT molecular complexity index is 591. The molecule has 2 aliphatic heterocycles. The highest BCUT2D eigenvalue weighted by atomic mass is 19.1. The van der Waals surface area contributed by atoms with Crippen LogP contribution in [0.3, 0.4) is 0 Å². The summed E-state index contributed by atoms with van der Waals surface area (Å²) in [6.45, 7) is 7.24. The molecule has 0 bridgehead atoms. The van der Waals surface area contributed by atoms with Gasteiger partial charge in [-0.05, 0) is 55.6 Å². The van der Waals surface area contributed by atoms with Crippen molar-refractivity contribution in [3.8, 4) is 5.75 Å². The number of rotatable bonds is 6. The van der Waals surface area contributed by atoms with Gasteiger partial charge in [-0.3, -0.25) is 9.69 Å². The number of fused-ring (bicyclic) bond motifs is 1. The van der Waals surface area contributed by atoms with Crippen LogP contribution < -0.4 is 10.1 Å². The zero-order valence-corrected chi connectivity index (χ0v) is 14.5. The molecule has 2 saturated heterocycles. The predicted molar refractivity (Wildman–Crippen MR) is 92.9 cm³/mol. The second-order valence-corrected chi connectivity index (χ2v) is 7.33. The molecule has 1 N–H and O–H groups in total. The molecular formula is C19H26FN3O2. The van der Waals surface area contributed by atoms with Crippen molar-refractivity contribution >= 4 is 5.91 Å². The summed E-state index contributed by atoms with van der Waals surface area (Å²) in [7, 11) is 0. The number of carbonyl (C=O) groups is 1. The number of nitrogens with zero attached hydrogens (tertiary/aromatic N) is 2. The number of benzene rings is 1. The van der Waals surface area contributed by atoms with Gasteiger partial charge in [0.2, 0.25) is 5.91 Å². The van der Waals surface area contributed by atoms with Crippen molar-refractivity contribution in [2.45, 2.75) is 6.42 Å². The van der Waals surface area contributed by atoms with Crippen molar-refractivity contribution in [3.05, 3.63) is 30.1 Å². The number of ether oxygens (including phenoxy) is 1. The molecular weight excluding hydrogens is 321 g/mol. The van der Waals surface area contributed by atoms with Crippen molar-refractivity contribution in [3.63, 3.8) is 0 Å². The van der Waals surface area contributed by atoms with Gasteiger partial charge in [0.1, 0.15) is 11.6 Å². The zero-order chi connectivity index (χ0) is 17.2. The van der Waals surface area contributed by atoms with E-state index in [9.17, 15) is 9.18 Å². The molecule has 4 rings (SSSR count). The first kappa shape index (κ1) is 16.8. The monoisotopic (exact) mass is 347 g/mol. The molecule has 5 nitrogen and oxygen atoms in total. The van der Waals surface area contributed by atoms with Gasteiger partial charge in [-0.25, -0.2) is 4.39 Å². The maximum absolute atomic E-state index is 12.8. The third-order valence-corrected chi connectivity index (χ3v) is 5.76. The van der Waals surface area contributed by atoms with Gasteiger partial charge in [-0.1, -0.05) is 0 Å². The maximum Gasteiger partial charge on any atom is 0.226 e. The van der Waals surface area contributed by atoms with Crippen molar-refractivity contribution < 1.29 is 13.9 Å². The average Bonchev–Trinajstić information content (AvgIpc) is 3.11. The van der Waals surface area contributed by atoms with Gasteiger partial charge in [0.15, 0.2) is 0 Å². The number of carbonyl (C=O) groups excluding carboxylic acids is 1. The molecule has 0 spiro atoms. The van der Waals surface area contributed by atoms with E-state index >= 15 is 0 Å². The minimum atomic E-state index is -0.245. The van der Waals surface area contributed by atoms with Crippen molar-refractivity contribution in [1.82, 2.24) is 15.1 Å². The maximum atomic E-state index is 12.8. The molecule has 6 heteroatoms. The molecule has 1 aromatic rings. The third-order valence-electron chi connectivity index (χ3n) is 5.76. The second kappa shape index (κ2) is 7.30. The topological polar surface area (TPSA) is 44.8 Å². The van der Waals surface area contributed by atoms with E-state index in [1.165, 1.54) is 12.1 Å². The van der Waals surface area contributed by atoms with E-state index in [0.717, 1.165) is 52.2 Å². The lowest BCUT2D eigenvalue weighted by molar-refractivity contribution is -0.135. The summed E-state index contributed by atoms with van der Waals surface area (Å²) >= 11 is 0. The molecule has 1 aromatic carbocycles. The first-order valence-corrected chi connectivity index (χ1v) is 9.32. The minimum Gasteiger partial charge on any atom is -0.494 e. The predicted octanol–water partition coefficient (Wildman–Crippen LogP) is 1.20. The molecule has 0 radical (unpaired) electrons. The number of piperidine rings is 1. The van der Waals surface area contributed by atoms with E-state index in [1.54, 1.807) is 12.1 Å². The van der Waals surface area contributed by atoms with Gasteiger partial charge >= 0.3 is 0 Å². The standard InChI is InChI=1S/C19H26FN3O2/c20-14-2-4-15(5-3-14)25-11-1-6-22-7-9-23(10-8-22)19(24)18-16-12-21-13-17(16)18/h2-5,16-18,21H,1,6-13H2/t16-,17+,18?. The van der Waals surface area contributed by atoms with Gasteiger partial charge in [-0.2, -0.15) is 0 Å². The third kappa shape index (κ3) is 3.80. The molecule has 1 aliphatic carbocycles. The summed E-state index contributed by atoms with van der Waals surface area (Å²) in [4.78, 5) is 17.0. The normalized spacial score (nSPS) is 28.7. The van der Waals surface area contributed by atoms with Crippen LogP contribution in [0, 0.1) is 23.6 Å². The summed E-state index contributed by atoms with van der Waals surface area (Å²) in [5.41, 5.74) is 0. The van der Waals surface area contributed by atoms with Crippen LogP contribution in [0.25, 0.3) is 0 Å². The van der Waals surface area contributed by atoms with Crippen LogP contribution in [0.4, 0.5) is 4.39 Å². The van der Waals surface area contributed by atoms with Crippen LogP contribution in [0.5, 0.6) is 5.75 Å². The van der Waals surface area contributed by atoms with E-state index in [2.05, 4.69) is 15.1 Å². The lowest BCUT2D eigenvalue weighted by Gasteiger charge is -2.35. The molecule has 1 saturated carbocycles. The zero-order valence-electron chi connectivity index (χ0n) is 14.5. The second-order valence-electron chi connectivity index (χ2n) is 7.33. The lowest BCUT2D eigenvalue weighted by atomic mass is 10.2. The van der Waals surface area contributed by atoms with Crippen molar-refractivity contribution in [2.24, 2.45) is 17.8 Å². The highest BCUT2D eigenvalue weighted by Crippen LogP contribution is 2.49. The first-order chi connectivity index (χ1) is 12.2. The number of amides is 1. The fourth-order valence-electron chi connectivity index (χ4n) is 4.20. The molecule has 1 unspecified atom stereocenters. The quantitative estimate of drug-likeness (QED) is 0.786. The largest absolute Gasteiger partial charge is 0.494 e. The van der Waals surface area contributed by atoms with Crippen LogP contribution in [-0.4, -0.2) is 68.1 Å². The van der Waals surface area contributed by atoms with Gasteiger partial charge in [-0.15, -0.1) is 0 Å². The van der Waals surface area contributed by atoms with Crippen LogP contribution in [0.15, 0.2) is 24.3 Å². The van der Waals surface area contributed by atoms with E-state index in [0.29, 0.717) is 36.0 Å². The Morgan fingerprint density at radius 1 is 1.12 bits per heavy atom. The van der Waals surface area contributed by atoms with E-state index < -0.39 is 0 Å². The van der Waals surface area contributed by atoms with Gasteiger partial charge in [0, 0.05) is 38.6 Å². The van der Waals surface area contributed by atoms with Crippen LogP contribution in [-0.2, 0) is 4.79 Å². The molecule has 136 valence electrons. The summed E-state index contributed by atoms with van der Waals surface area (Å²) in [5, 5.41) is 3.35. The fraction of sp³-hybridized carbons (Fsp3) is 0.632. The number of nitrogens with one attached hydrogen (secondary N) is 1. The van der Waals surface area contributed by atoms with Crippen LogP contribution >= 0.6 is 0 Å². The number of piperazine rings is 1. The molecule has 3 aliphatic rings. The van der Waals surface area contributed by atoms with Gasteiger partial charge in [0.25, 0.3) is 0 Å². The molecule has 3 atom stereocenters. The Morgan fingerprint density at radius 3 is 2.48 bits per heavy atom. The number of hydrogen-bond acceptors (Lipinski definition) is 4. The molecule has 3 fully saturated rings. The SMILES string of the molecule is O=C(C1[C@H]2CNC[C@@H]12)N1CCN(CCCOc2ccc(F)cc2)CC1. The Kier molecular flexibility index (Phi) is 4.90.